The second-order valence-electron chi connectivity index (χ2n) is 4.41. The first-order chi connectivity index (χ1) is 7.58. The largest absolute Gasteiger partial charge is 0.292 e. The van der Waals surface area contributed by atoms with Gasteiger partial charge in [0.15, 0.2) is 5.78 Å². The molecule has 0 N–H and O–H groups in total. The third kappa shape index (κ3) is 1.96. The second-order valence-corrected chi connectivity index (χ2v) is 4.41. The molecule has 0 fully saturated rings. The van der Waals surface area contributed by atoms with Gasteiger partial charge in [-0.3, -0.25) is 4.79 Å². The fourth-order valence-corrected chi connectivity index (χ4v) is 1.68. The van der Waals surface area contributed by atoms with Crippen LogP contribution in [0.1, 0.15) is 29.9 Å². The Hall–Kier alpha value is -1.70. The van der Waals surface area contributed by atoms with Crippen molar-refractivity contribution in [3.05, 3.63) is 41.6 Å². The van der Waals surface area contributed by atoms with Crippen LogP contribution in [0.5, 0.6) is 0 Å². The fraction of sp³-hybridized carbons (Fsp3) is 0.286. The first kappa shape index (κ1) is 10.8. The summed E-state index contributed by atoms with van der Waals surface area (Å²) >= 11 is 0. The molecule has 16 heavy (non-hydrogen) atoms. The molecule has 1 aromatic heterocycles. The van der Waals surface area contributed by atoms with Crippen molar-refractivity contribution in [1.82, 2.24) is 4.98 Å². The highest BCUT2D eigenvalue weighted by Gasteiger charge is 2.11. The van der Waals surface area contributed by atoms with Crippen molar-refractivity contribution in [2.75, 3.05) is 0 Å². The quantitative estimate of drug-likeness (QED) is 0.716. The minimum Gasteiger partial charge on any atom is -0.292 e. The second kappa shape index (κ2) is 4.05. The molecule has 0 amide bonds. The van der Waals surface area contributed by atoms with Gasteiger partial charge >= 0.3 is 0 Å². The average Bonchev–Trinajstić information content (AvgIpc) is 2.27. The lowest BCUT2D eigenvalue weighted by atomic mass is 10.0. The van der Waals surface area contributed by atoms with E-state index >= 15 is 0 Å². The van der Waals surface area contributed by atoms with E-state index in [1.54, 1.807) is 0 Å². The van der Waals surface area contributed by atoms with Gasteiger partial charge in [0, 0.05) is 11.3 Å². The number of pyridine rings is 1. The molecule has 0 aliphatic rings. The van der Waals surface area contributed by atoms with Gasteiger partial charge in [0.25, 0.3) is 0 Å². The lowest BCUT2D eigenvalue weighted by Gasteiger charge is -2.05. The Balaban J connectivity index is 2.52. The SMILES string of the molecule is Cc1ccc2nc(C(=O)C(C)C)ccc2c1. The number of Topliss-reactive ketones (excluding diaryl/α,β-unsaturated/α-hetero) is 1. The van der Waals surface area contributed by atoms with E-state index in [-0.39, 0.29) is 11.7 Å². The number of hydrogen-bond acceptors (Lipinski definition) is 2. The molecule has 0 bridgehead atoms. The highest BCUT2D eigenvalue weighted by molar-refractivity contribution is 5.97. The van der Waals surface area contributed by atoms with Crippen molar-refractivity contribution in [2.45, 2.75) is 20.8 Å². The third-order valence-electron chi connectivity index (χ3n) is 2.62. The normalized spacial score (nSPS) is 11.0. The van der Waals surface area contributed by atoms with Crippen molar-refractivity contribution in [1.29, 1.82) is 0 Å². The molecule has 0 radical (unpaired) electrons. The van der Waals surface area contributed by atoms with Crippen molar-refractivity contribution in [2.24, 2.45) is 5.92 Å². The number of benzene rings is 1. The maximum absolute atomic E-state index is 11.8. The summed E-state index contributed by atoms with van der Waals surface area (Å²) in [4.78, 5) is 16.2. The number of hydrogen-bond donors (Lipinski definition) is 0. The summed E-state index contributed by atoms with van der Waals surface area (Å²) in [7, 11) is 0. The first-order valence-corrected chi connectivity index (χ1v) is 5.49. The number of fused-ring (bicyclic) bond motifs is 1. The molecule has 0 saturated carbocycles. The molecule has 82 valence electrons. The van der Waals surface area contributed by atoms with Crippen molar-refractivity contribution in [3.8, 4) is 0 Å². The maximum atomic E-state index is 11.8. The van der Waals surface area contributed by atoms with E-state index < -0.39 is 0 Å². The van der Waals surface area contributed by atoms with Crippen molar-refractivity contribution >= 4 is 16.7 Å². The number of carbonyl (C=O) groups excluding carboxylic acids is 1. The molecule has 0 saturated heterocycles. The third-order valence-corrected chi connectivity index (χ3v) is 2.62. The topological polar surface area (TPSA) is 30.0 Å². The Morgan fingerprint density at radius 1 is 1.19 bits per heavy atom. The molecular weight excluding hydrogens is 198 g/mol. The zero-order valence-corrected chi connectivity index (χ0v) is 9.82. The molecule has 0 aliphatic heterocycles. The summed E-state index contributed by atoms with van der Waals surface area (Å²) in [6.45, 7) is 5.83. The van der Waals surface area contributed by atoms with Crippen LogP contribution in [-0.4, -0.2) is 10.8 Å². The summed E-state index contributed by atoms with van der Waals surface area (Å²) in [6, 6.07) is 9.82. The lowest BCUT2D eigenvalue weighted by molar-refractivity contribution is 0.0935. The van der Waals surface area contributed by atoms with Gasteiger partial charge in [0.2, 0.25) is 0 Å². The lowest BCUT2D eigenvalue weighted by Crippen LogP contribution is -2.09. The van der Waals surface area contributed by atoms with Crippen LogP contribution in [0.2, 0.25) is 0 Å². The summed E-state index contributed by atoms with van der Waals surface area (Å²) in [6.07, 6.45) is 0. The van der Waals surface area contributed by atoms with Crippen LogP contribution in [0.3, 0.4) is 0 Å². The highest BCUT2D eigenvalue weighted by atomic mass is 16.1. The van der Waals surface area contributed by atoms with E-state index in [9.17, 15) is 4.79 Å². The summed E-state index contributed by atoms with van der Waals surface area (Å²) in [5.74, 6) is 0.0953. The molecule has 1 heterocycles. The van der Waals surface area contributed by atoms with Gasteiger partial charge in [-0.05, 0) is 25.1 Å². The monoisotopic (exact) mass is 213 g/mol. The number of rotatable bonds is 2. The zero-order valence-electron chi connectivity index (χ0n) is 9.82. The maximum Gasteiger partial charge on any atom is 0.183 e. The molecular formula is C14H15NO. The number of ketones is 1. The molecule has 0 unspecified atom stereocenters. The van der Waals surface area contributed by atoms with Crippen LogP contribution in [-0.2, 0) is 0 Å². The number of nitrogens with zero attached hydrogens (tertiary/aromatic N) is 1. The van der Waals surface area contributed by atoms with Crippen LogP contribution >= 0.6 is 0 Å². The molecule has 2 aromatic rings. The van der Waals surface area contributed by atoms with Crippen LogP contribution in [0.25, 0.3) is 10.9 Å². The Labute approximate surface area is 95.3 Å². The van der Waals surface area contributed by atoms with Crippen molar-refractivity contribution < 1.29 is 4.79 Å². The molecule has 0 spiro atoms. The van der Waals surface area contributed by atoms with Gasteiger partial charge in [0.1, 0.15) is 5.69 Å². The summed E-state index contributed by atoms with van der Waals surface area (Å²) in [5.41, 5.74) is 2.65. The fourth-order valence-electron chi connectivity index (χ4n) is 1.68. The van der Waals surface area contributed by atoms with E-state index in [1.165, 1.54) is 5.56 Å². The summed E-state index contributed by atoms with van der Waals surface area (Å²) in [5, 5.41) is 1.08. The zero-order chi connectivity index (χ0) is 11.7. The molecule has 0 aliphatic carbocycles. The molecule has 2 heteroatoms. The van der Waals surface area contributed by atoms with Crippen molar-refractivity contribution in [3.63, 3.8) is 0 Å². The van der Waals surface area contributed by atoms with E-state index in [0.717, 1.165) is 10.9 Å². The van der Waals surface area contributed by atoms with Gasteiger partial charge in [-0.1, -0.05) is 31.5 Å². The summed E-state index contributed by atoms with van der Waals surface area (Å²) < 4.78 is 0. The average molecular weight is 213 g/mol. The van der Waals surface area contributed by atoms with Crippen LogP contribution in [0.15, 0.2) is 30.3 Å². The molecule has 2 rings (SSSR count). The van der Waals surface area contributed by atoms with E-state index in [4.69, 9.17) is 0 Å². The minimum atomic E-state index is -0.00426. The minimum absolute atomic E-state index is 0.00426. The Kier molecular flexibility index (Phi) is 2.73. The Morgan fingerprint density at radius 3 is 2.62 bits per heavy atom. The van der Waals surface area contributed by atoms with Gasteiger partial charge < -0.3 is 0 Å². The van der Waals surface area contributed by atoms with E-state index in [2.05, 4.69) is 11.1 Å². The number of aromatic nitrogens is 1. The first-order valence-electron chi connectivity index (χ1n) is 5.49. The molecule has 1 aromatic carbocycles. The highest BCUT2D eigenvalue weighted by Crippen LogP contribution is 2.16. The van der Waals surface area contributed by atoms with Crippen LogP contribution < -0.4 is 0 Å². The predicted molar refractivity (Wildman–Crippen MR) is 65.6 cm³/mol. The van der Waals surface area contributed by atoms with Gasteiger partial charge in [-0.25, -0.2) is 4.98 Å². The number of aryl methyl sites for hydroxylation is 1. The van der Waals surface area contributed by atoms with E-state index in [1.807, 2.05) is 45.0 Å². The van der Waals surface area contributed by atoms with Crippen LogP contribution in [0, 0.1) is 12.8 Å². The standard InChI is InChI=1S/C14H15NO/c1-9(2)14(16)13-7-5-11-8-10(3)4-6-12(11)15-13/h4-9H,1-3H3. The van der Waals surface area contributed by atoms with Gasteiger partial charge in [-0.15, -0.1) is 0 Å². The molecule has 0 atom stereocenters. The Morgan fingerprint density at radius 2 is 1.94 bits per heavy atom. The van der Waals surface area contributed by atoms with Gasteiger partial charge in [-0.2, -0.15) is 0 Å². The smallest absolute Gasteiger partial charge is 0.183 e. The Bertz CT molecular complexity index is 543. The number of carbonyl (C=O) groups is 1. The predicted octanol–water partition coefficient (Wildman–Crippen LogP) is 3.38. The van der Waals surface area contributed by atoms with E-state index in [0.29, 0.717) is 5.69 Å². The molecule has 2 nitrogen and oxygen atoms in total. The van der Waals surface area contributed by atoms with Crippen LogP contribution in [0.4, 0.5) is 0 Å². The van der Waals surface area contributed by atoms with Gasteiger partial charge in [0.05, 0.1) is 5.52 Å².